The highest BCUT2D eigenvalue weighted by atomic mass is 16.5. The Kier molecular flexibility index (Phi) is 6.53. The monoisotopic (exact) mass is 391 g/mol. The molecule has 1 aromatic heterocycles. The molecule has 0 amide bonds. The number of carbonyl (C=O) groups is 1. The minimum absolute atomic E-state index is 0.127. The number of hydrogen-bond donors (Lipinski definition) is 0. The number of aromatic nitrogens is 1. The van der Waals surface area contributed by atoms with Gasteiger partial charge >= 0.3 is 0 Å². The molecule has 0 aliphatic carbocycles. The summed E-state index contributed by atoms with van der Waals surface area (Å²) in [6.45, 7) is 8.70. The number of ether oxygens (including phenoxy) is 1. The van der Waals surface area contributed by atoms with E-state index < -0.39 is 5.41 Å². The van der Waals surface area contributed by atoms with Crippen molar-refractivity contribution in [2.24, 2.45) is 5.41 Å². The number of unbranched alkanes of at least 4 members (excludes halogenated alkanes) is 2. The average Bonchev–Trinajstić information content (AvgIpc) is 3.21. The minimum Gasteiger partial charge on any atom is -0.494 e. The highest BCUT2D eigenvalue weighted by Gasteiger charge is 2.22. The summed E-state index contributed by atoms with van der Waals surface area (Å²) in [7, 11) is 0. The average molecular weight is 392 g/mol. The van der Waals surface area contributed by atoms with Crippen LogP contribution in [0.3, 0.4) is 0 Å². The molecule has 4 heteroatoms. The van der Waals surface area contributed by atoms with Crippen LogP contribution in [0.5, 0.6) is 5.75 Å². The normalized spacial score (nSPS) is 11.4. The van der Waals surface area contributed by atoms with Gasteiger partial charge in [0, 0.05) is 28.2 Å². The van der Waals surface area contributed by atoms with Gasteiger partial charge in [0.25, 0.3) is 0 Å². The molecular weight excluding hydrogens is 362 g/mol. The summed E-state index contributed by atoms with van der Waals surface area (Å²) in [5.74, 6) is 1.69. The van der Waals surface area contributed by atoms with Gasteiger partial charge in [-0.25, -0.2) is 0 Å². The van der Waals surface area contributed by atoms with Gasteiger partial charge in [-0.15, -0.1) is 0 Å². The summed E-state index contributed by atoms with van der Waals surface area (Å²) in [6, 6.07) is 17.3. The second kappa shape index (κ2) is 9.08. The van der Waals surface area contributed by atoms with Crippen molar-refractivity contribution in [2.45, 2.75) is 47.0 Å². The van der Waals surface area contributed by atoms with E-state index >= 15 is 0 Å². The maximum atomic E-state index is 12.4. The third-order valence-electron chi connectivity index (χ3n) is 4.79. The van der Waals surface area contributed by atoms with Gasteiger partial charge in [0.05, 0.1) is 6.61 Å². The zero-order valence-electron chi connectivity index (χ0n) is 17.7. The van der Waals surface area contributed by atoms with Crippen LogP contribution in [-0.4, -0.2) is 17.5 Å². The Morgan fingerprint density at radius 2 is 1.62 bits per heavy atom. The number of ketones is 1. The Morgan fingerprint density at radius 3 is 2.24 bits per heavy atom. The van der Waals surface area contributed by atoms with Gasteiger partial charge in [0.1, 0.15) is 11.4 Å². The first-order valence-corrected chi connectivity index (χ1v) is 10.2. The van der Waals surface area contributed by atoms with Gasteiger partial charge in [0.15, 0.2) is 11.5 Å². The first kappa shape index (κ1) is 20.8. The van der Waals surface area contributed by atoms with Crippen LogP contribution in [0.25, 0.3) is 22.6 Å². The van der Waals surface area contributed by atoms with Crippen LogP contribution < -0.4 is 4.74 Å². The molecule has 0 saturated carbocycles. The van der Waals surface area contributed by atoms with Crippen molar-refractivity contribution in [1.29, 1.82) is 0 Å². The lowest BCUT2D eigenvalue weighted by Gasteiger charge is -2.16. The van der Waals surface area contributed by atoms with Crippen molar-refractivity contribution in [3.8, 4) is 28.3 Å². The molecule has 4 nitrogen and oxygen atoms in total. The molecule has 0 aliphatic rings. The molecule has 0 atom stereocenters. The van der Waals surface area contributed by atoms with Gasteiger partial charge in [0.2, 0.25) is 0 Å². The molecular formula is C25H29NO3. The number of hydrogen-bond acceptors (Lipinski definition) is 4. The van der Waals surface area contributed by atoms with Gasteiger partial charge in [-0.05, 0) is 30.7 Å². The Balaban J connectivity index is 1.68. The lowest BCUT2D eigenvalue weighted by Crippen LogP contribution is -2.19. The molecule has 0 saturated heterocycles. The Labute approximate surface area is 172 Å². The SMILES string of the molecule is CCCCCOc1ccc(-c2cc(-c3ccc(C(=O)C(C)(C)C)cc3)no2)cc1. The van der Waals surface area contributed by atoms with Crippen molar-refractivity contribution in [3.05, 3.63) is 60.2 Å². The molecule has 0 bridgehead atoms. The quantitative estimate of drug-likeness (QED) is 0.313. The second-order valence-electron chi connectivity index (χ2n) is 8.31. The van der Waals surface area contributed by atoms with Gasteiger partial charge in [-0.1, -0.05) is 70.0 Å². The molecule has 152 valence electrons. The van der Waals surface area contributed by atoms with Crippen LogP contribution in [0, 0.1) is 5.41 Å². The van der Waals surface area contributed by atoms with E-state index in [1.165, 1.54) is 12.8 Å². The van der Waals surface area contributed by atoms with Crippen LogP contribution in [-0.2, 0) is 0 Å². The smallest absolute Gasteiger partial charge is 0.168 e. The van der Waals surface area contributed by atoms with Gasteiger partial charge in [-0.2, -0.15) is 0 Å². The molecule has 0 radical (unpaired) electrons. The molecule has 29 heavy (non-hydrogen) atoms. The summed E-state index contributed by atoms with van der Waals surface area (Å²) >= 11 is 0. The van der Waals surface area contributed by atoms with Crippen LogP contribution in [0.15, 0.2) is 59.1 Å². The fraction of sp³-hybridized carbons (Fsp3) is 0.360. The summed E-state index contributed by atoms with van der Waals surface area (Å²) in [5, 5.41) is 4.19. The van der Waals surface area contributed by atoms with E-state index in [4.69, 9.17) is 9.26 Å². The van der Waals surface area contributed by atoms with Crippen molar-refractivity contribution in [3.63, 3.8) is 0 Å². The van der Waals surface area contributed by atoms with E-state index in [2.05, 4.69) is 12.1 Å². The lowest BCUT2D eigenvalue weighted by molar-refractivity contribution is 0.0858. The topological polar surface area (TPSA) is 52.3 Å². The number of nitrogens with zero attached hydrogens (tertiary/aromatic N) is 1. The molecule has 0 aliphatic heterocycles. The number of carbonyl (C=O) groups excluding carboxylic acids is 1. The molecule has 3 aromatic rings. The zero-order valence-corrected chi connectivity index (χ0v) is 17.7. The fourth-order valence-corrected chi connectivity index (χ4v) is 3.03. The number of Topliss-reactive ketones (excluding diaryl/α,β-unsaturated/α-hetero) is 1. The summed E-state index contributed by atoms with van der Waals surface area (Å²) in [5.41, 5.74) is 2.92. The predicted octanol–water partition coefficient (Wildman–Crippen LogP) is 6.81. The van der Waals surface area contributed by atoms with E-state index in [0.29, 0.717) is 11.3 Å². The molecule has 3 rings (SSSR count). The Bertz CT molecular complexity index is 931. The molecule has 0 spiro atoms. The molecule has 1 heterocycles. The third kappa shape index (κ3) is 5.35. The van der Waals surface area contributed by atoms with Crippen LogP contribution in [0.2, 0.25) is 0 Å². The maximum Gasteiger partial charge on any atom is 0.168 e. The minimum atomic E-state index is -0.394. The largest absolute Gasteiger partial charge is 0.494 e. The lowest BCUT2D eigenvalue weighted by atomic mass is 9.86. The Morgan fingerprint density at radius 1 is 0.966 bits per heavy atom. The predicted molar refractivity (Wildman–Crippen MR) is 116 cm³/mol. The highest BCUT2D eigenvalue weighted by molar-refractivity contribution is 6.00. The van der Waals surface area contributed by atoms with E-state index in [0.717, 1.165) is 35.6 Å². The van der Waals surface area contributed by atoms with Crippen LogP contribution in [0.1, 0.15) is 57.3 Å². The first-order valence-electron chi connectivity index (χ1n) is 10.2. The summed E-state index contributed by atoms with van der Waals surface area (Å²) < 4.78 is 11.3. The van der Waals surface area contributed by atoms with E-state index in [1.54, 1.807) is 0 Å². The van der Waals surface area contributed by atoms with E-state index in [-0.39, 0.29) is 5.78 Å². The molecule has 0 N–H and O–H groups in total. The second-order valence-corrected chi connectivity index (χ2v) is 8.31. The Hall–Kier alpha value is -2.88. The third-order valence-corrected chi connectivity index (χ3v) is 4.79. The molecule has 0 fully saturated rings. The number of benzene rings is 2. The van der Waals surface area contributed by atoms with Gasteiger partial charge < -0.3 is 9.26 Å². The van der Waals surface area contributed by atoms with Crippen molar-refractivity contribution >= 4 is 5.78 Å². The standard InChI is InChI=1S/C25H29NO3/c1-5-6-7-16-28-21-14-12-19(13-15-21)23-17-22(26-29-23)18-8-10-20(11-9-18)24(27)25(2,3)4/h8-15,17H,5-7,16H2,1-4H3. The van der Waals surface area contributed by atoms with Crippen molar-refractivity contribution in [1.82, 2.24) is 5.16 Å². The van der Waals surface area contributed by atoms with Gasteiger partial charge in [-0.3, -0.25) is 4.79 Å². The first-order chi connectivity index (χ1) is 13.9. The van der Waals surface area contributed by atoms with Crippen LogP contribution in [0.4, 0.5) is 0 Å². The number of rotatable bonds is 8. The fourth-order valence-electron chi connectivity index (χ4n) is 3.03. The molecule has 0 unspecified atom stereocenters. The maximum absolute atomic E-state index is 12.4. The zero-order chi connectivity index (χ0) is 20.9. The summed E-state index contributed by atoms with van der Waals surface area (Å²) in [6.07, 6.45) is 3.44. The van der Waals surface area contributed by atoms with Crippen molar-refractivity contribution in [2.75, 3.05) is 6.61 Å². The van der Waals surface area contributed by atoms with Crippen LogP contribution >= 0.6 is 0 Å². The van der Waals surface area contributed by atoms with E-state index in [9.17, 15) is 4.79 Å². The summed E-state index contributed by atoms with van der Waals surface area (Å²) in [4.78, 5) is 12.4. The highest BCUT2D eigenvalue weighted by Crippen LogP contribution is 2.28. The molecule has 2 aromatic carbocycles. The van der Waals surface area contributed by atoms with E-state index in [1.807, 2.05) is 75.4 Å². The van der Waals surface area contributed by atoms with Crippen molar-refractivity contribution < 1.29 is 14.1 Å².